The van der Waals surface area contributed by atoms with Gasteiger partial charge in [-0.25, -0.2) is 0 Å². The Morgan fingerprint density at radius 1 is 1.36 bits per heavy atom. The van der Waals surface area contributed by atoms with Gasteiger partial charge in [-0.2, -0.15) is 18.4 Å². The van der Waals surface area contributed by atoms with Crippen molar-refractivity contribution in [1.82, 2.24) is 5.32 Å². The van der Waals surface area contributed by atoms with E-state index in [1.54, 1.807) is 6.07 Å². The maximum atomic E-state index is 12.8. The predicted molar refractivity (Wildman–Crippen MR) is 77.1 cm³/mol. The Hall–Kier alpha value is -2.20. The number of rotatable bonds is 6. The summed E-state index contributed by atoms with van der Waals surface area (Å²) in [6.45, 7) is 0.278. The molecule has 0 heterocycles. The van der Waals surface area contributed by atoms with Crippen LogP contribution in [0.15, 0.2) is 36.0 Å². The first-order valence-electron chi connectivity index (χ1n) is 6.27. The number of carbonyl (C=O) groups is 1. The minimum Gasteiger partial charge on any atom is -0.360 e. The number of nitrogens with zero attached hydrogens (tertiary/aromatic N) is 1. The maximum absolute atomic E-state index is 12.8. The molecule has 1 amide bonds. The molecule has 0 aliphatic heterocycles. The Morgan fingerprint density at radius 2 is 2.05 bits per heavy atom. The first-order chi connectivity index (χ1) is 10.4. The van der Waals surface area contributed by atoms with Crippen LogP contribution in [0.5, 0.6) is 0 Å². The Bertz CT molecular complexity index is 594. The van der Waals surface area contributed by atoms with Crippen molar-refractivity contribution < 1.29 is 18.0 Å². The summed E-state index contributed by atoms with van der Waals surface area (Å²) in [5, 5.41) is 13.7. The largest absolute Gasteiger partial charge is 0.418 e. The zero-order chi connectivity index (χ0) is 16.6. The number of halogens is 4. The topological polar surface area (TPSA) is 64.9 Å². The maximum Gasteiger partial charge on any atom is 0.418 e. The monoisotopic (exact) mass is 331 g/mol. The van der Waals surface area contributed by atoms with Gasteiger partial charge in [-0.3, -0.25) is 4.79 Å². The molecule has 4 nitrogen and oxygen atoms in total. The molecule has 0 aliphatic rings. The third-order valence-electron chi connectivity index (χ3n) is 2.57. The zero-order valence-electron chi connectivity index (χ0n) is 11.4. The van der Waals surface area contributed by atoms with Gasteiger partial charge in [-0.1, -0.05) is 12.1 Å². The van der Waals surface area contributed by atoms with E-state index in [4.69, 9.17) is 16.9 Å². The molecule has 0 aliphatic carbocycles. The molecule has 0 radical (unpaired) electrons. The molecule has 0 spiro atoms. The van der Waals surface area contributed by atoms with Gasteiger partial charge in [-0.05, 0) is 18.6 Å². The Labute approximate surface area is 130 Å². The van der Waals surface area contributed by atoms with Crippen LogP contribution in [0.3, 0.4) is 0 Å². The second-order valence-electron chi connectivity index (χ2n) is 4.16. The summed E-state index contributed by atoms with van der Waals surface area (Å²) in [6.07, 6.45) is -3.07. The van der Waals surface area contributed by atoms with Crippen LogP contribution < -0.4 is 10.6 Å². The fraction of sp³-hybridized carbons (Fsp3) is 0.286. The van der Waals surface area contributed by atoms with E-state index in [0.29, 0.717) is 12.3 Å². The van der Waals surface area contributed by atoms with Crippen molar-refractivity contribution in [3.05, 3.63) is 41.6 Å². The van der Waals surface area contributed by atoms with Gasteiger partial charge in [0.1, 0.15) is 11.6 Å². The number of alkyl halides is 4. The molecule has 0 aromatic heterocycles. The molecule has 0 unspecified atom stereocenters. The third-order valence-corrected chi connectivity index (χ3v) is 2.83. The molecule has 1 rings (SSSR count). The van der Waals surface area contributed by atoms with Crippen molar-refractivity contribution in [2.45, 2.75) is 12.6 Å². The van der Waals surface area contributed by atoms with E-state index < -0.39 is 17.6 Å². The molecular formula is C14H13ClF3N3O. The number of anilines is 1. The predicted octanol–water partition coefficient (Wildman–Crippen LogP) is 3.27. The van der Waals surface area contributed by atoms with Crippen LogP contribution in [-0.2, 0) is 11.0 Å². The fourth-order valence-electron chi connectivity index (χ4n) is 1.52. The highest BCUT2D eigenvalue weighted by molar-refractivity contribution is 6.17. The normalized spacial score (nSPS) is 11.7. The lowest BCUT2D eigenvalue weighted by Gasteiger charge is -2.12. The van der Waals surface area contributed by atoms with E-state index in [1.807, 2.05) is 0 Å². The molecule has 1 aromatic rings. The second-order valence-corrected chi connectivity index (χ2v) is 4.53. The standard InChI is InChI=1S/C14H13ClF3N3O/c15-6-3-7-20-13(22)10(8-19)9-21-12-5-2-1-4-11(12)14(16,17)18/h1-2,4-5,9,21H,3,6-7H2,(H,20,22)/b10-9-. The van der Waals surface area contributed by atoms with Crippen molar-refractivity contribution in [2.24, 2.45) is 0 Å². The number of benzene rings is 1. The van der Waals surface area contributed by atoms with Crippen LogP contribution in [0.2, 0.25) is 0 Å². The molecule has 22 heavy (non-hydrogen) atoms. The van der Waals surface area contributed by atoms with Gasteiger partial charge in [0.25, 0.3) is 5.91 Å². The van der Waals surface area contributed by atoms with Gasteiger partial charge < -0.3 is 10.6 Å². The Morgan fingerprint density at radius 3 is 2.64 bits per heavy atom. The number of nitrogens with one attached hydrogen (secondary N) is 2. The number of hydrogen-bond donors (Lipinski definition) is 2. The minimum absolute atomic E-state index is 0.240. The van der Waals surface area contributed by atoms with E-state index >= 15 is 0 Å². The lowest BCUT2D eigenvalue weighted by molar-refractivity contribution is -0.136. The summed E-state index contributed by atoms with van der Waals surface area (Å²) in [5.74, 6) is -0.326. The SMILES string of the molecule is N#C/C(=C/Nc1ccccc1C(F)(F)F)C(=O)NCCCCl. The molecule has 0 saturated heterocycles. The molecule has 0 atom stereocenters. The summed E-state index contributed by atoms with van der Waals surface area (Å²) in [6, 6.07) is 6.41. The number of amides is 1. The van der Waals surface area contributed by atoms with Crippen molar-refractivity contribution in [2.75, 3.05) is 17.7 Å². The van der Waals surface area contributed by atoms with Crippen LogP contribution in [0.25, 0.3) is 0 Å². The first kappa shape index (κ1) is 17.9. The van der Waals surface area contributed by atoms with Gasteiger partial charge in [0.2, 0.25) is 0 Å². The number of carbonyl (C=O) groups excluding carboxylic acids is 1. The van der Waals surface area contributed by atoms with E-state index in [9.17, 15) is 18.0 Å². The average molecular weight is 332 g/mol. The van der Waals surface area contributed by atoms with Crippen molar-refractivity contribution in [1.29, 1.82) is 5.26 Å². The molecular weight excluding hydrogens is 319 g/mol. The van der Waals surface area contributed by atoms with Gasteiger partial charge in [-0.15, -0.1) is 11.6 Å². The van der Waals surface area contributed by atoms with Crippen LogP contribution >= 0.6 is 11.6 Å². The highest BCUT2D eigenvalue weighted by atomic mass is 35.5. The number of nitriles is 1. The van der Waals surface area contributed by atoms with E-state index in [1.165, 1.54) is 18.2 Å². The van der Waals surface area contributed by atoms with Gasteiger partial charge >= 0.3 is 6.18 Å². The van der Waals surface area contributed by atoms with Gasteiger partial charge in [0, 0.05) is 18.6 Å². The highest BCUT2D eigenvalue weighted by Gasteiger charge is 2.33. The van der Waals surface area contributed by atoms with Crippen LogP contribution in [0, 0.1) is 11.3 Å². The van der Waals surface area contributed by atoms with E-state index in [-0.39, 0.29) is 17.8 Å². The number of para-hydroxylation sites is 1. The molecule has 1 aromatic carbocycles. The lowest BCUT2D eigenvalue weighted by atomic mass is 10.1. The molecule has 0 bridgehead atoms. The fourth-order valence-corrected chi connectivity index (χ4v) is 1.65. The summed E-state index contributed by atoms with van der Waals surface area (Å²) >= 11 is 5.45. The molecule has 0 saturated carbocycles. The van der Waals surface area contributed by atoms with Crippen molar-refractivity contribution in [3.63, 3.8) is 0 Å². The van der Waals surface area contributed by atoms with Crippen LogP contribution in [0.4, 0.5) is 18.9 Å². The minimum atomic E-state index is -4.53. The van der Waals surface area contributed by atoms with Crippen LogP contribution in [0.1, 0.15) is 12.0 Å². The summed E-state index contributed by atoms with van der Waals surface area (Å²) < 4.78 is 38.4. The van der Waals surface area contributed by atoms with Gasteiger partial charge in [0.05, 0.1) is 11.3 Å². The van der Waals surface area contributed by atoms with Crippen molar-refractivity contribution in [3.8, 4) is 6.07 Å². The third kappa shape index (κ3) is 5.30. The summed E-state index contributed by atoms with van der Waals surface area (Å²) in [5.41, 5.74) is -1.45. The lowest BCUT2D eigenvalue weighted by Crippen LogP contribution is -2.26. The summed E-state index contributed by atoms with van der Waals surface area (Å²) in [4.78, 5) is 11.6. The first-order valence-corrected chi connectivity index (χ1v) is 6.80. The summed E-state index contributed by atoms with van der Waals surface area (Å²) in [7, 11) is 0. The molecule has 2 N–H and O–H groups in total. The highest BCUT2D eigenvalue weighted by Crippen LogP contribution is 2.34. The Kier molecular flexibility index (Phi) is 6.73. The van der Waals surface area contributed by atoms with Crippen molar-refractivity contribution >= 4 is 23.2 Å². The zero-order valence-corrected chi connectivity index (χ0v) is 12.1. The molecule has 0 fully saturated rings. The smallest absolute Gasteiger partial charge is 0.360 e. The Balaban J connectivity index is 2.86. The molecule has 8 heteroatoms. The van der Waals surface area contributed by atoms with E-state index in [0.717, 1.165) is 12.3 Å². The van der Waals surface area contributed by atoms with Crippen LogP contribution in [-0.4, -0.2) is 18.3 Å². The quantitative estimate of drug-likeness (QED) is 0.364. The van der Waals surface area contributed by atoms with Gasteiger partial charge in [0.15, 0.2) is 0 Å². The average Bonchev–Trinajstić information content (AvgIpc) is 2.47. The molecule has 118 valence electrons. The van der Waals surface area contributed by atoms with E-state index in [2.05, 4.69) is 10.6 Å². The number of hydrogen-bond acceptors (Lipinski definition) is 3. The second kappa shape index (κ2) is 8.29.